The third-order valence-electron chi connectivity index (χ3n) is 2.90. The molecule has 1 aromatic rings. The smallest absolute Gasteiger partial charge is 0.119 e. The first kappa shape index (κ1) is 15.7. The summed E-state index contributed by atoms with van der Waals surface area (Å²) < 4.78 is 5.81. The van der Waals surface area contributed by atoms with Gasteiger partial charge in [-0.05, 0) is 38.2 Å². The Labute approximate surface area is 117 Å². The molecule has 0 aliphatic carbocycles. The molecule has 0 amide bonds. The Morgan fingerprint density at radius 3 is 2.84 bits per heavy atom. The molecule has 19 heavy (non-hydrogen) atoms. The lowest BCUT2D eigenvalue weighted by atomic mass is 10.2. The Kier molecular flexibility index (Phi) is 7.23. The lowest BCUT2D eigenvalue weighted by molar-refractivity contribution is 0.227. The van der Waals surface area contributed by atoms with E-state index in [4.69, 9.17) is 4.74 Å². The molecule has 0 spiro atoms. The Balaban J connectivity index is 2.39. The third-order valence-corrected chi connectivity index (χ3v) is 2.90. The van der Waals surface area contributed by atoms with Gasteiger partial charge in [-0.2, -0.15) is 0 Å². The molecule has 0 saturated carbocycles. The molecule has 0 fully saturated rings. The zero-order valence-corrected chi connectivity index (χ0v) is 12.4. The predicted octanol–water partition coefficient (Wildman–Crippen LogP) is 2.68. The van der Waals surface area contributed by atoms with Crippen molar-refractivity contribution in [2.24, 2.45) is 0 Å². The molecule has 3 nitrogen and oxygen atoms in total. The molecule has 1 rings (SSSR count). The molecule has 0 aliphatic rings. The lowest BCUT2D eigenvalue weighted by Gasteiger charge is -2.20. The van der Waals surface area contributed by atoms with Crippen LogP contribution >= 0.6 is 0 Å². The minimum Gasteiger partial charge on any atom is -0.492 e. The summed E-state index contributed by atoms with van der Waals surface area (Å²) in [6.07, 6.45) is 0. The molecule has 0 bridgehead atoms. The minimum absolute atomic E-state index is 0.712. The van der Waals surface area contributed by atoms with Gasteiger partial charge in [-0.15, -0.1) is 0 Å². The maximum Gasteiger partial charge on any atom is 0.119 e. The van der Waals surface area contributed by atoms with E-state index < -0.39 is 0 Å². The highest BCUT2D eigenvalue weighted by Gasteiger charge is 2.03. The molecule has 0 aromatic heterocycles. The van der Waals surface area contributed by atoms with Crippen LogP contribution in [0.3, 0.4) is 0 Å². The first-order valence-corrected chi connectivity index (χ1v) is 6.88. The van der Waals surface area contributed by atoms with E-state index in [0.29, 0.717) is 6.61 Å². The number of nitrogens with one attached hydrogen (secondary N) is 1. The van der Waals surface area contributed by atoms with Crippen LogP contribution in [0.25, 0.3) is 0 Å². The summed E-state index contributed by atoms with van der Waals surface area (Å²) in [5, 5.41) is 3.14. The maximum absolute atomic E-state index is 5.81. The summed E-state index contributed by atoms with van der Waals surface area (Å²) >= 11 is 0. The molecule has 1 N–H and O–H groups in total. The van der Waals surface area contributed by atoms with Crippen molar-refractivity contribution >= 4 is 0 Å². The highest BCUT2D eigenvalue weighted by molar-refractivity contribution is 5.28. The molecule has 0 atom stereocenters. The van der Waals surface area contributed by atoms with Crippen LogP contribution in [0.4, 0.5) is 0 Å². The number of rotatable bonds is 9. The first-order valence-electron chi connectivity index (χ1n) is 6.88. The van der Waals surface area contributed by atoms with E-state index in [9.17, 15) is 0 Å². The van der Waals surface area contributed by atoms with Crippen LogP contribution in [0.2, 0.25) is 0 Å². The molecule has 0 aliphatic heterocycles. The van der Waals surface area contributed by atoms with Gasteiger partial charge in [0.15, 0.2) is 0 Å². The minimum atomic E-state index is 0.712. The second-order valence-corrected chi connectivity index (χ2v) is 4.85. The van der Waals surface area contributed by atoms with Gasteiger partial charge in [0.05, 0.1) is 0 Å². The summed E-state index contributed by atoms with van der Waals surface area (Å²) in [6, 6.07) is 8.23. The van der Waals surface area contributed by atoms with Crippen LogP contribution < -0.4 is 10.1 Å². The highest BCUT2D eigenvalue weighted by atomic mass is 16.5. The summed E-state index contributed by atoms with van der Waals surface area (Å²) in [6.45, 7) is 12.7. The van der Waals surface area contributed by atoms with Gasteiger partial charge in [-0.3, -0.25) is 4.90 Å². The number of nitrogens with zero attached hydrogens (tertiary/aromatic N) is 1. The van der Waals surface area contributed by atoms with Crippen molar-refractivity contribution in [3.8, 4) is 5.75 Å². The molecule has 0 saturated heterocycles. The Morgan fingerprint density at radius 1 is 1.42 bits per heavy atom. The number of hydrogen-bond donors (Lipinski definition) is 1. The fourth-order valence-electron chi connectivity index (χ4n) is 1.97. The Morgan fingerprint density at radius 2 is 2.21 bits per heavy atom. The molecule has 0 heterocycles. The van der Waals surface area contributed by atoms with Crippen LogP contribution in [0.15, 0.2) is 36.4 Å². The SMILES string of the molecule is C=C(C)CN(CC)CCOc1cccc(CNC)c1. The fourth-order valence-corrected chi connectivity index (χ4v) is 1.97. The van der Waals surface area contributed by atoms with E-state index in [1.165, 1.54) is 11.1 Å². The van der Waals surface area contributed by atoms with Crippen molar-refractivity contribution in [1.82, 2.24) is 10.2 Å². The van der Waals surface area contributed by atoms with E-state index in [-0.39, 0.29) is 0 Å². The predicted molar refractivity (Wildman–Crippen MR) is 81.6 cm³/mol. The summed E-state index contributed by atoms with van der Waals surface area (Å²) in [5.41, 5.74) is 2.44. The number of benzene rings is 1. The standard InChI is InChI=1S/C16H26N2O/c1-5-18(13-14(2)3)9-10-19-16-8-6-7-15(11-16)12-17-4/h6-8,11,17H,2,5,9-10,12-13H2,1,3-4H3. The molecule has 3 heteroatoms. The first-order chi connectivity index (χ1) is 9.15. The highest BCUT2D eigenvalue weighted by Crippen LogP contribution is 2.13. The van der Waals surface area contributed by atoms with Crippen molar-refractivity contribution in [2.45, 2.75) is 20.4 Å². The van der Waals surface area contributed by atoms with Gasteiger partial charge in [-0.25, -0.2) is 0 Å². The van der Waals surface area contributed by atoms with E-state index in [1.807, 2.05) is 19.2 Å². The van der Waals surface area contributed by atoms with Gasteiger partial charge < -0.3 is 10.1 Å². The Hall–Kier alpha value is -1.32. The number of hydrogen-bond acceptors (Lipinski definition) is 3. The second-order valence-electron chi connectivity index (χ2n) is 4.85. The van der Waals surface area contributed by atoms with Crippen LogP contribution in [0.1, 0.15) is 19.4 Å². The van der Waals surface area contributed by atoms with Gasteiger partial charge in [0, 0.05) is 19.6 Å². The van der Waals surface area contributed by atoms with Gasteiger partial charge >= 0.3 is 0 Å². The normalized spacial score (nSPS) is 10.7. The molecular formula is C16H26N2O. The molecule has 0 radical (unpaired) electrons. The molecule has 106 valence electrons. The quantitative estimate of drug-likeness (QED) is 0.693. The monoisotopic (exact) mass is 262 g/mol. The lowest BCUT2D eigenvalue weighted by Crippen LogP contribution is -2.29. The van der Waals surface area contributed by atoms with Crippen LogP contribution in [-0.2, 0) is 6.54 Å². The third kappa shape index (κ3) is 6.41. The molecular weight excluding hydrogens is 236 g/mol. The zero-order valence-electron chi connectivity index (χ0n) is 12.4. The number of likely N-dealkylation sites (N-methyl/N-ethyl adjacent to an activating group) is 1. The van der Waals surface area contributed by atoms with Crippen LogP contribution in [-0.4, -0.2) is 38.2 Å². The average molecular weight is 262 g/mol. The molecule has 0 unspecified atom stereocenters. The topological polar surface area (TPSA) is 24.5 Å². The van der Waals surface area contributed by atoms with Crippen molar-refractivity contribution in [2.75, 3.05) is 33.3 Å². The summed E-state index contributed by atoms with van der Waals surface area (Å²) in [4.78, 5) is 2.33. The van der Waals surface area contributed by atoms with E-state index in [0.717, 1.165) is 31.9 Å². The van der Waals surface area contributed by atoms with Gasteiger partial charge in [0.2, 0.25) is 0 Å². The van der Waals surface area contributed by atoms with E-state index in [1.54, 1.807) is 0 Å². The average Bonchev–Trinajstić information content (AvgIpc) is 2.38. The Bertz CT molecular complexity index is 390. The largest absolute Gasteiger partial charge is 0.492 e. The molecule has 1 aromatic carbocycles. The van der Waals surface area contributed by atoms with Gasteiger partial charge in [0.1, 0.15) is 12.4 Å². The second kappa shape index (κ2) is 8.73. The van der Waals surface area contributed by atoms with Crippen molar-refractivity contribution in [3.63, 3.8) is 0 Å². The van der Waals surface area contributed by atoms with E-state index >= 15 is 0 Å². The fraction of sp³-hybridized carbons (Fsp3) is 0.500. The van der Waals surface area contributed by atoms with Crippen molar-refractivity contribution in [3.05, 3.63) is 42.0 Å². The number of ether oxygens (including phenoxy) is 1. The zero-order chi connectivity index (χ0) is 14.1. The van der Waals surface area contributed by atoms with Crippen molar-refractivity contribution in [1.29, 1.82) is 0 Å². The summed E-state index contributed by atoms with van der Waals surface area (Å²) in [7, 11) is 1.95. The van der Waals surface area contributed by atoms with E-state index in [2.05, 4.69) is 42.8 Å². The van der Waals surface area contributed by atoms with Crippen LogP contribution in [0.5, 0.6) is 5.75 Å². The van der Waals surface area contributed by atoms with Crippen LogP contribution in [0, 0.1) is 0 Å². The maximum atomic E-state index is 5.81. The van der Waals surface area contributed by atoms with Gasteiger partial charge in [0.25, 0.3) is 0 Å². The van der Waals surface area contributed by atoms with Gasteiger partial charge in [-0.1, -0.05) is 31.2 Å². The summed E-state index contributed by atoms with van der Waals surface area (Å²) in [5.74, 6) is 0.944. The van der Waals surface area contributed by atoms with Crippen molar-refractivity contribution < 1.29 is 4.74 Å².